The Labute approximate surface area is 130 Å². The molecular weight excluding hydrogens is 256 g/mol. The summed E-state index contributed by atoms with van der Waals surface area (Å²) in [5.74, 6) is 2.01. The van der Waals surface area contributed by atoms with Gasteiger partial charge < -0.3 is 5.11 Å². The fourth-order valence-corrected chi connectivity index (χ4v) is 3.55. The van der Waals surface area contributed by atoms with Gasteiger partial charge in [-0.2, -0.15) is 0 Å². The molecule has 1 N–H and O–H groups in total. The summed E-state index contributed by atoms with van der Waals surface area (Å²) in [5, 5.41) is 10.8. The van der Waals surface area contributed by atoms with Crippen LogP contribution in [0, 0.1) is 5.92 Å². The van der Waals surface area contributed by atoms with Gasteiger partial charge in [0.2, 0.25) is 0 Å². The van der Waals surface area contributed by atoms with Crippen LogP contribution < -0.4 is 0 Å². The molecule has 0 aromatic heterocycles. The van der Waals surface area contributed by atoms with Crippen molar-refractivity contribution in [3.8, 4) is 5.75 Å². The van der Waals surface area contributed by atoms with Gasteiger partial charge in [-0.05, 0) is 52.2 Å². The molecule has 0 radical (unpaired) electrons. The van der Waals surface area contributed by atoms with Crippen molar-refractivity contribution in [2.45, 2.75) is 84.5 Å². The normalized spacial score (nSPS) is 23.6. The molecule has 2 unspecified atom stereocenters. The molecule has 2 rings (SSSR count). The highest BCUT2D eigenvalue weighted by atomic mass is 16.3. The lowest BCUT2D eigenvalue weighted by atomic mass is 9.77. The minimum absolute atomic E-state index is 0.0235. The molecule has 21 heavy (non-hydrogen) atoms. The number of aromatic hydroxyl groups is 1. The van der Waals surface area contributed by atoms with Gasteiger partial charge in [-0.25, -0.2) is 0 Å². The summed E-state index contributed by atoms with van der Waals surface area (Å²) in [6.07, 6.45) is 3.91. The molecule has 1 saturated carbocycles. The molecule has 0 aliphatic heterocycles. The van der Waals surface area contributed by atoms with Gasteiger partial charge in [0.25, 0.3) is 0 Å². The lowest BCUT2D eigenvalue weighted by Crippen LogP contribution is -2.18. The number of benzene rings is 1. The number of phenolic OH excluding ortho intramolecular Hbond substituents is 1. The topological polar surface area (TPSA) is 20.2 Å². The minimum atomic E-state index is -0.0235. The first kappa shape index (κ1) is 16.4. The van der Waals surface area contributed by atoms with Crippen LogP contribution in [0.5, 0.6) is 5.75 Å². The summed E-state index contributed by atoms with van der Waals surface area (Å²) in [6, 6.07) is 4.54. The summed E-state index contributed by atoms with van der Waals surface area (Å²) in [6.45, 7) is 15.5. The van der Waals surface area contributed by atoms with Crippen molar-refractivity contribution in [2.24, 2.45) is 5.92 Å². The zero-order chi connectivity index (χ0) is 16.0. The number of hydrogen-bond donors (Lipinski definition) is 1. The van der Waals surface area contributed by atoms with Gasteiger partial charge in [-0.1, -0.05) is 67.0 Å². The molecule has 1 aliphatic carbocycles. The van der Waals surface area contributed by atoms with E-state index in [1.165, 1.54) is 24.8 Å². The van der Waals surface area contributed by atoms with E-state index in [1.54, 1.807) is 0 Å². The van der Waals surface area contributed by atoms with Crippen LogP contribution in [-0.4, -0.2) is 5.11 Å². The molecule has 118 valence electrons. The van der Waals surface area contributed by atoms with E-state index in [0.29, 0.717) is 11.7 Å². The van der Waals surface area contributed by atoms with E-state index in [4.69, 9.17) is 0 Å². The standard InChI is InChI=1S/C20H32O/c1-13-8-9-14(10-13)15-11-16(19(2,3)4)18(21)17(12-15)20(5,6)7/h11-14,21H,8-10H2,1-7H3. The van der Waals surface area contributed by atoms with Crippen LogP contribution in [0.1, 0.15) is 90.3 Å². The first-order valence-corrected chi connectivity index (χ1v) is 8.38. The molecule has 1 fully saturated rings. The van der Waals surface area contributed by atoms with Gasteiger partial charge in [0, 0.05) is 0 Å². The maximum Gasteiger partial charge on any atom is 0.123 e. The van der Waals surface area contributed by atoms with Gasteiger partial charge in [0.1, 0.15) is 5.75 Å². The summed E-state index contributed by atoms with van der Waals surface area (Å²) >= 11 is 0. The maximum atomic E-state index is 10.8. The van der Waals surface area contributed by atoms with Crippen molar-refractivity contribution in [3.63, 3.8) is 0 Å². The Kier molecular flexibility index (Phi) is 4.17. The molecule has 1 aromatic rings. The molecule has 0 bridgehead atoms. The van der Waals surface area contributed by atoms with E-state index >= 15 is 0 Å². The van der Waals surface area contributed by atoms with Crippen LogP contribution >= 0.6 is 0 Å². The van der Waals surface area contributed by atoms with E-state index in [0.717, 1.165) is 17.0 Å². The third kappa shape index (κ3) is 3.44. The Bertz CT molecular complexity index is 479. The second-order valence-corrected chi connectivity index (χ2v) is 9.08. The number of hydrogen-bond acceptors (Lipinski definition) is 1. The molecule has 0 saturated heterocycles. The zero-order valence-electron chi connectivity index (χ0n) is 14.9. The average molecular weight is 288 g/mol. The van der Waals surface area contributed by atoms with Gasteiger partial charge in [-0.3, -0.25) is 0 Å². The maximum absolute atomic E-state index is 10.8. The predicted molar refractivity (Wildman–Crippen MR) is 91.3 cm³/mol. The largest absolute Gasteiger partial charge is 0.507 e. The molecule has 1 aliphatic rings. The molecular formula is C20H32O. The molecule has 1 nitrogen and oxygen atoms in total. The molecule has 0 amide bonds. The molecule has 2 atom stereocenters. The Hall–Kier alpha value is -0.980. The van der Waals surface area contributed by atoms with Crippen LogP contribution in [-0.2, 0) is 10.8 Å². The van der Waals surface area contributed by atoms with Crippen molar-refractivity contribution in [1.29, 1.82) is 0 Å². The molecule has 0 spiro atoms. The first-order chi connectivity index (χ1) is 9.50. The number of rotatable bonds is 1. The van der Waals surface area contributed by atoms with Crippen LogP contribution in [0.4, 0.5) is 0 Å². The van der Waals surface area contributed by atoms with Crippen LogP contribution in [0.3, 0.4) is 0 Å². The highest BCUT2D eigenvalue weighted by Crippen LogP contribution is 2.44. The Morgan fingerprint density at radius 2 is 1.38 bits per heavy atom. The average Bonchev–Trinajstić information content (AvgIpc) is 2.73. The smallest absolute Gasteiger partial charge is 0.123 e. The Morgan fingerprint density at radius 3 is 1.71 bits per heavy atom. The fraction of sp³-hybridized carbons (Fsp3) is 0.700. The van der Waals surface area contributed by atoms with Crippen molar-refractivity contribution < 1.29 is 5.11 Å². The van der Waals surface area contributed by atoms with Crippen molar-refractivity contribution in [3.05, 3.63) is 28.8 Å². The molecule has 1 aromatic carbocycles. The number of phenols is 1. The van der Waals surface area contributed by atoms with Gasteiger partial charge in [0.05, 0.1) is 0 Å². The zero-order valence-corrected chi connectivity index (χ0v) is 14.9. The van der Waals surface area contributed by atoms with E-state index in [2.05, 4.69) is 60.6 Å². The predicted octanol–water partition coefficient (Wildman–Crippen LogP) is 5.89. The monoisotopic (exact) mass is 288 g/mol. The quantitative estimate of drug-likeness (QED) is 0.683. The van der Waals surface area contributed by atoms with E-state index in [-0.39, 0.29) is 10.8 Å². The molecule has 0 heterocycles. The van der Waals surface area contributed by atoms with Crippen molar-refractivity contribution in [2.75, 3.05) is 0 Å². The van der Waals surface area contributed by atoms with E-state index in [9.17, 15) is 5.11 Å². The fourth-order valence-electron chi connectivity index (χ4n) is 3.55. The SMILES string of the molecule is CC1CCC(c2cc(C(C)(C)C)c(O)c(C(C)(C)C)c2)C1. The van der Waals surface area contributed by atoms with Crippen molar-refractivity contribution >= 4 is 0 Å². The van der Waals surface area contributed by atoms with Gasteiger partial charge in [0.15, 0.2) is 0 Å². The minimum Gasteiger partial charge on any atom is -0.507 e. The highest BCUT2D eigenvalue weighted by Gasteiger charge is 2.30. The van der Waals surface area contributed by atoms with Crippen LogP contribution in [0.15, 0.2) is 12.1 Å². The second-order valence-electron chi connectivity index (χ2n) is 9.08. The Morgan fingerprint density at radius 1 is 0.905 bits per heavy atom. The summed E-state index contributed by atoms with van der Waals surface area (Å²) in [5.41, 5.74) is 3.59. The second kappa shape index (κ2) is 5.34. The third-order valence-corrected chi connectivity index (χ3v) is 4.91. The summed E-state index contributed by atoms with van der Waals surface area (Å²) in [7, 11) is 0. The highest BCUT2D eigenvalue weighted by molar-refractivity contribution is 5.50. The molecule has 1 heteroatoms. The lowest BCUT2D eigenvalue weighted by molar-refractivity contribution is 0.422. The first-order valence-electron chi connectivity index (χ1n) is 8.38. The summed E-state index contributed by atoms with van der Waals surface area (Å²) in [4.78, 5) is 0. The van der Waals surface area contributed by atoms with E-state index < -0.39 is 0 Å². The van der Waals surface area contributed by atoms with Crippen LogP contribution in [0.25, 0.3) is 0 Å². The van der Waals surface area contributed by atoms with Crippen molar-refractivity contribution in [1.82, 2.24) is 0 Å². The third-order valence-electron chi connectivity index (χ3n) is 4.91. The summed E-state index contributed by atoms with van der Waals surface area (Å²) < 4.78 is 0. The van der Waals surface area contributed by atoms with Gasteiger partial charge in [-0.15, -0.1) is 0 Å². The lowest BCUT2D eigenvalue weighted by Gasteiger charge is -2.29. The Balaban J connectivity index is 2.57. The van der Waals surface area contributed by atoms with E-state index in [1.807, 2.05) is 0 Å². The van der Waals surface area contributed by atoms with Gasteiger partial charge >= 0.3 is 0 Å². The van der Waals surface area contributed by atoms with Crippen LogP contribution in [0.2, 0.25) is 0 Å².